The van der Waals surface area contributed by atoms with Crippen molar-refractivity contribution in [3.63, 3.8) is 0 Å². The van der Waals surface area contributed by atoms with Gasteiger partial charge < -0.3 is 14.3 Å². The third kappa shape index (κ3) is 5.50. The van der Waals surface area contributed by atoms with Crippen LogP contribution in [0.4, 0.5) is 0 Å². The summed E-state index contributed by atoms with van der Waals surface area (Å²) < 4.78 is 5.29. The lowest BCUT2D eigenvalue weighted by Crippen LogP contribution is -2.44. The topological polar surface area (TPSA) is 66.7 Å². The monoisotopic (exact) mass is 441 g/mol. The van der Waals surface area contributed by atoms with Crippen molar-refractivity contribution in [3.05, 3.63) is 47.3 Å². The first-order valence-electron chi connectivity index (χ1n) is 11.3. The van der Waals surface area contributed by atoms with Gasteiger partial charge in [-0.15, -0.1) is 11.8 Å². The minimum atomic E-state index is 0.0533. The highest BCUT2D eigenvalue weighted by atomic mass is 32.2. The summed E-state index contributed by atoms with van der Waals surface area (Å²) in [7, 11) is 0. The average molecular weight is 442 g/mol. The van der Waals surface area contributed by atoms with Gasteiger partial charge >= 0.3 is 0 Å². The van der Waals surface area contributed by atoms with E-state index in [0.717, 1.165) is 60.7 Å². The van der Waals surface area contributed by atoms with Gasteiger partial charge in [0.15, 0.2) is 0 Å². The Morgan fingerprint density at radius 3 is 2.42 bits per heavy atom. The number of benzene rings is 1. The molecule has 2 saturated heterocycles. The number of thioether (sulfide) groups is 1. The fourth-order valence-corrected chi connectivity index (χ4v) is 5.37. The van der Waals surface area contributed by atoms with Crippen molar-refractivity contribution < 1.29 is 14.1 Å². The maximum atomic E-state index is 13.2. The molecule has 3 heterocycles. The van der Waals surface area contributed by atoms with Crippen molar-refractivity contribution in [1.82, 2.24) is 15.0 Å². The van der Waals surface area contributed by atoms with E-state index in [0.29, 0.717) is 24.7 Å². The maximum Gasteiger partial charge on any atom is 0.254 e. The second kappa shape index (κ2) is 10.4. The summed E-state index contributed by atoms with van der Waals surface area (Å²) in [5.41, 5.74) is 1.58. The molecule has 0 unspecified atom stereocenters. The van der Waals surface area contributed by atoms with E-state index in [-0.39, 0.29) is 11.8 Å². The van der Waals surface area contributed by atoms with Gasteiger partial charge in [-0.25, -0.2) is 0 Å². The van der Waals surface area contributed by atoms with Gasteiger partial charge in [0.2, 0.25) is 5.91 Å². The summed E-state index contributed by atoms with van der Waals surface area (Å²) >= 11 is 1.59. The molecule has 1 aromatic carbocycles. The summed E-state index contributed by atoms with van der Waals surface area (Å²) in [5.74, 6) is 1.85. The number of hydrogen-bond donors (Lipinski definition) is 0. The highest BCUT2D eigenvalue weighted by Gasteiger charge is 2.31. The van der Waals surface area contributed by atoms with E-state index < -0.39 is 0 Å². The molecule has 2 fully saturated rings. The van der Waals surface area contributed by atoms with Crippen LogP contribution >= 0.6 is 11.8 Å². The van der Waals surface area contributed by atoms with Crippen LogP contribution in [-0.4, -0.2) is 52.9 Å². The molecule has 0 N–H and O–H groups in total. The molecule has 166 valence electrons. The van der Waals surface area contributed by atoms with E-state index in [4.69, 9.17) is 4.52 Å². The van der Waals surface area contributed by atoms with Gasteiger partial charge in [0.1, 0.15) is 5.76 Å². The number of amides is 2. The molecule has 0 radical (unpaired) electrons. The molecule has 0 bridgehead atoms. The first-order chi connectivity index (χ1) is 15.1. The van der Waals surface area contributed by atoms with Crippen molar-refractivity contribution in [1.29, 1.82) is 0 Å². The molecule has 0 atom stereocenters. The number of aromatic nitrogens is 1. The quantitative estimate of drug-likeness (QED) is 0.638. The number of aryl methyl sites for hydroxylation is 1. The Labute approximate surface area is 188 Å². The molecule has 0 saturated carbocycles. The fourth-order valence-electron chi connectivity index (χ4n) is 4.45. The van der Waals surface area contributed by atoms with Crippen molar-refractivity contribution in [2.45, 2.75) is 56.1 Å². The lowest BCUT2D eigenvalue weighted by molar-refractivity contribution is -0.136. The van der Waals surface area contributed by atoms with Crippen LogP contribution < -0.4 is 0 Å². The van der Waals surface area contributed by atoms with Crippen molar-refractivity contribution >= 4 is 23.6 Å². The largest absolute Gasteiger partial charge is 0.360 e. The second-order valence-electron chi connectivity index (χ2n) is 8.53. The smallest absolute Gasteiger partial charge is 0.254 e. The van der Waals surface area contributed by atoms with E-state index in [1.165, 1.54) is 12.8 Å². The highest BCUT2D eigenvalue weighted by Crippen LogP contribution is 2.29. The summed E-state index contributed by atoms with van der Waals surface area (Å²) in [5, 5.41) is 3.93. The van der Waals surface area contributed by atoms with Gasteiger partial charge in [0.25, 0.3) is 5.91 Å². The molecular formula is C24H31N3O3S. The normalized spacial score (nSPS) is 18.1. The predicted octanol–water partition coefficient (Wildman–Crippen LogP) is 4.53. The van der Waals surface area contributed by atoms with Crippen LogP contribution in [0.1, 0.15) is 60.3 Å². The van der Waals surface area contributed by atoms with Crippen LogP contribution in [-0.2, 0) is 10.5 Å². The minimum absolute atomic E-state index is 0.0533. The predicted molar refractivity (Wildman–Crippen MR) is 121 cm³/mol. The average Bonchev–Trinajstić information content (AvgIpc) is 3.04. The van der Waals surface area contributed by atoms with E-state index in [2.05, 4.69) is 10.1 Å². The van der Waals surface area contributed by atoms with Gasteiger partial charge in [-0.1, -0.05) is 30.1 Å². The zero-order chi connectivity index (χ0) is 21.6. The second-order valence-corrected chi connectivity index (χ2v) is 9.54. The van der Waals surface area contributed by atoms with E-state index in [9.17, 15) is 9.59 Å². The number of nitrogens with zero attached hydrogens (tertiary/aromatic N) is 3. The number of carbonyl (C=O) groups is 2. The third-order valence-corrected chi connectivity index (χ3v) is 7.31. The first-order valence-corrected chi connectivity index (χ1v) is 12.3. The van der Waals surface area contributed by atoms with Crippen LogP contribution in [0.5, 0.6) is 0 Å². The third-order valence-electron chi connectivity index (χ3n) is 6.21. The first kappa shape index (κ1) is 21.9. The Balaban J connectivity index is 1.34. The molecule has 6 nitrogen and oxygen atoms in total. The van der Waals surface area contributed by atoms with Crippen molar-refractivity contribution in [3.8, 4) is 0 Å². The zero-order valence-corrected chi connectivity index (χ0v) is 19.0. The summed E-state index contributed by atoms with van der Waals surface area (Å²) in [6.07, 6.45) is 6.20. The molecule has 0 spiro atoms. The van der Waals surface area contributed by atoms with Gasteiger partial charge in [-0.3, -0.25) is 9.59 Å². The summed E-state index contributed by atoms with van der Waals surface area (Å²) in [4.78, 5) is 31.1. The number of likely N-dealkylation sites (tertiary alicyclic amines) is 2. The SMILES string of the molecule is Cc1cc(CSc2ccccc2C(=O)N2CCC(C(=O)N3CCCCCC3)CC2)on1. The maximum absolute atomic E-state index is 13.2. The molecule has 2 aromatic rings. The summed E-state index contributed by atoms with van der Waals surface area (Å²) in [6, 6.07) is 9.66. The number of piperidine rings is 1. The Hall–Kier alpha value is -2.28. The Morgan fingerprint density at radius 2 is 1.74 bits per heavy atom. The van der Waals surface area contributed by atoms with Crippen LogP contribution in [0.15, 0.2) is 39.8 Å². The van der Waals surface area contributed by atoms with Crippen LogP contribution in [0, 0.1) is 12.8 Å². The number of hydrogen-bond acceptors (Lipinski definition) is 5. The Morgan fingerprint density at radius 1 is 1.03 bits per heavy atom. The van der Waals surface area contributed by atoms with Crippen molar-refractivity contribution in [2.75, 3.05) is 26.2 Å². The highest BCUT2D eigenvalue weighted by molar-refractivity contribution is 7.98. The molecule has 0 aliphatic carbocycles. The van der Waals surface area contributed by atoms with Crippen LogP contribution in [0.2, 0.25) is 0 Å². The van der Waals surface area contributed by atoms with E-state index in [1.807, 2.05) is 42.2 Å². The van der Waals surface area contributed by atoms with Crippen LogP contribution in [0.3, 0.4) is 0 Å². The van der Waals surface area contributed by atoms with Crippen molar-refractivity contribution in [2.24, 2.45) is 5.92 Å². The molecule has 2 aliphatic heterocycles. The Bertz CT molecular complexity index is 897. The zero-order valence-electron chi connectivity index (χ0n) is 18.2. The van der Waals surface area contributed by atoms with Gasteiger partial charge in [0.05, 0.1) is 17.0 Å². The van der Waals surface area contributed by atoms with Crippen LogP contribution in [0.25, 0.3) is 0 Å². The summed E-state index contributed by atoms with van der Waals surface area (Å²) in [6.45, 7) is 4.98. The molecule has 4 rings (SSSR count). The molecule has 1 aromatic heterocycles. The lowest BCUT2D eigenvalue weighted by Gasteiger charge is -2.34. The van der Waals surface area contributed by atoms with Gasteiger partial charge in [-0.05, 0) is 44.7 Å². The van der Waals surface area contributed by atoms with Gasteiger partial charge in [0, 0.05) is 43.1 Å². The standard InChI is InChI=1S/C24H31N3O3S/c1-18-16-20(30-25-18)17-31-22-9-5-4-8-21(22)24(29)27-14-10-19(11-15-27)23(28)26-12-6-2-3-7-13-26/h4-5,8-9,16,19H,2-3,6-7,10-15,17H2,1H3. The van der Waals surface area contributed by atoms with E-state index >= 15 is 0 Å². The minimum Gasteiger partial charge on any atom is -0.360 e. The number of rotatable bonds is 5. The molecule has 31 heavy (non-hydrogen) atoms. The van der Waals surface area contributed by atoms with E-state index in [1.54, 1.807) is 11.8 Å². The molecule has 2 amide bonds. The lowest BCUT2D eigenvalue weighted by atomic mass is 9.94. The number of carbonyl (C=O) groups excluding carboxylic acids is 2. The Kier molecular flexibility index (Phi) is 7.33. The molecular weight excluding hydrogens is 410 g/mol. The fraction of sp³-hybridized carbons (Fsp3) is 0.542. The molecule has 7 heteroatoms. The van der Waals surface area contributed by atoms with Gasteiger partial charge in [-0.2, -0.15) is 0 Å². The molecule has 2 aliphatic rings.